The fraction of sp³-hybridized carbons (Fsp3) is 0.333. The van der Waals surface area contributed by atoms with Crippen molar-refractivity contribution in [3.8, 4) is 0 Å². The molecule has 0 heterocycles. The summed E-state index contributed by atoms with van der Waals surface area (Å²) in [6.07, 6.45) is 10.3. The molecule has 37 heavy (non-hydrogen) atoms. The van der Waals surface area contributed by atoms with Crippen LogP contribution in [-0.2, 0) is 45.4 Å². The van der Waals surface area contributed by atoms with Crippen LogP contribution in [0.15, 0.2) is 75.9 Å². The van der Waals surface area contributed by atoms with Crippen molar-refractivity contribution >= 4 is 31.2 Å². The van der Waals surface area contributed by atoms with Gasteiger partial charge in [0, 0.05) is 0 Å². The molecule has 0 aliphatic heterocycles. The summed E-state index contributed by atoms with van der Waals surface area (Å²) in [7, 11) is -14.0. The van der Waals surface area contributed by atoms with E-state index < -0.39 is 31.2 Å². The summed E-state index contributed by atoms with van der Waals surface area (Å²) in [6, 6.07) is 0. The van der Waals surface area contributed by atoms with Crippen LogP contribution in [0, 0.1) is 0 Å². The van der Waals surface area contributed by atoms with Crippen LogP contribution in [0.25, 0.3) is 0 Å². The van der Waals surface area contributed by atoms with Crippen molar-refractivity contribution in [1.82, 2.24) is 6.15 Å². The van der Waals surface area contributed by atoms with Gasteiger partial charge in [0.15, 0.2) is 0 Å². The molecule has 0 aliphatic rings. The highest BCUT2D eigenvalue weighted by atomic mass is 32.3. The van der Waals surface area contributed by atoms with Crippen LogP contribution in [0.2, 0.25) is 0 Å². The van der Waals surface area contributed by atoms with Gasteiger partial charge in [-0.25, -0.2) is 0 Å². The molecule has 16 nitrogen and oxygen atoms in total. The molecule has 0 aliphatic carbocycles. The molecule has 9 N–H and O–H groups in total. The van der Waals surface area contributed by atoms with Gasteiger partial charge in [-0.3, -0.25) is 27.3 Å². The second kappa shape index (κ2) is 38.4. The van der Waals surface area contributed by atoms with Gasteiger partial charge in [0.25, 0.3) is 0 Å². The van der Waals surface area contributed by atoms with Crippen LogP contribution in [-0.4, -0.2) is 92.2 Å². The summed E-state index contributed by atoms with van der Waals surface area (Å²) >= 11 is 0. The molecular formula is C18H39NO15S3. The Bertz CT molecular complexity index is 691. The lowest BCUT2D eigenvalue weighted by atomic mass is 10.6. The van der Waals surface area contributed by atoms with E-state index in [1.54, 1.807) is 36.5 Å². The molecule has 0 rings (SSSR count). The van der Waals surface area contributed by atoms with Gasteiger partial charge in [-0.05, 0) is 0 Å². The summed E-state index contributed by atoms with van der Waals surface area (Å²) in [6.45, 7) is 24.5. The Labute approximate surface area is 219 Å². The molecule has 0 saturated heterocycles. The zero-order valence-corrected chi connectivity index (χ0v) is 22.7. The Balaban J connectivity index is -0.0000000585. The fourth-order valence-corrected chi connectivity index (χ4v) is 0.704. The van der Waals surface area contributed by atoms with E-state index in [1.165, 1.54) is 0 Å². The Kier molecular flexibility index (Phi) is 53.5. The maximum absolute atomic E-state index is 8.74. The van der Waals surface area contributed by atoms with Crippen LogP contribution in [0.5, 0.6) is 0 Å². The van der Waals surface area contributed by atoms with Crippen molar-refractivity contribution in [2.45, 2.75) is 0 Å². The van der Waals surface area contributed by atoms with Crippen LogP contribution >= 0.6 is 0 Å². The van der Waals surface area contributed by atoms with Gasteiger partial charge in [-0.15, -0.1) is 39.5 Å². The average Bonchev–Trinajstić information content (AvgIpc) is 2.67. The minimum absolute atomic E-state index is 0. The lowest BCUT2D eigenvalue weighted by molar-refractivity contribution is 0.194. The molecule has 19 heteroatoms. The lowest BCUT2D eigenvalue weighted by Gasteiger charge is -1.89. The van der Waals surface area contributed by atoms with E-state index in [-0.39, 0.29) is 6.15 Å². The number of hydrogen-bond acceptors (Lipinski definition) is 10. The van der Waals surface area contributed by atoms with Crippen LogP contribution in [0.3, 0.4) is 0 Å². The lowest BCUT2D eigenvalue weighted by Crippen LogP contribution is -1.89. The second-order valence-electron chi connectivity index (χ2n) is 4.69. The maximum atomic E-state index is 8.74. The van der Waals surface area contributed by atoms with Gasteiger partial charge in [-0.1, -0.05) is 36.5 Å². The van der Waals surface area contributed by atoms with E-state index in [4.69, 9.17) is 66.8 Å². The van der Waals surface area contributed by atoms with Gasteiger partial charge in [0.2, 0.25) is 0 Å². The molecule has 0 aromatic carbocycles. The van der Waals surface area contributed by atoms with Crippen LogP contribution in [0.4, 0.5) is 0 Å². The zero-order valence-electron chi connectivity index (χ0n) is 20.2. The van der Waals surface area contributed by atoms with Gasteiger partial charge in [0.1, 0.15) is 0 Å². The van der Waals surface area contributed by atoms with Crippen molar-refractivity contribution in [2.24, 2.45) is 0 Å². The monoisotopic (exact) mass is 605 g/mol. The summed E-state index contributed by atoms with van der Waals surface area (Å²) in [5, 5.41) is 0. The topological polar surface area (TPSA) is 286 Å². The van der Waals surface area contributed by atoms with Gasteiger partial charge >= 0.3 is 31.2 Å². The molecule has 0 aromatic rings. The fourth-order valence-electron chi connectivity index (χ4n) is 0.704. The first-order chi connectivity index (χ1) is 16.2. The normalized spacial score (nSPS) is 9.24. The summed E-state index contributed by atoms with van der Waals surface area (Å²) in [4.78, 5) is 0. The van der Waals surface area contributed by atoms with E-state index in [9.17, 15) is 0 Å². The summed E-state index contributed by atoms with van der Waals surface area (Å²) < 4.78 is 109. The van der Waals surface area contributed by atoms with E-state index in [0.717, 1.165) is 0 Å². The highest BCUT2D eigenvalue weighted by molar-refractivity contribution is 7.80. The molecule has 0 unspecified atom stereocenters. The highest BCUT2D eigenvalue weighted by Crippen LogP contribution is 1.74. The first-order valence-corrected chi connectivity index (χ1v) is 12.9. The second-order valence-corrected chi connectivity index (χ2v) is 7.37. The molecule has 0 amide bonds. The molecule has 224 valence electrons. The molecule has 0 radical (unpaired) electrons. The predicted molar refractivity (Wildman–Crippen MR) is 141 cm³/mol. The third-order valence-corrected chi connectivity index (χ3v) is 1.41. The number of rotatable bonds is 12. The largest absolute Gasteiger partial charge is 0.394 e. The Morgan fingerprint density at radius 2 is 0.486 bits per heavy atom. The molecule has 0 fully saturated rings. The maximum Gasteiger partial charge on any atom is 0.394 e. The summed E-state index contributed by atoms with van der Waals surface area (Å²) in [5.41, 5.74) is 0. The molecule has 0 bridgehead atoms. The van der Waals surface area contributed by atoms with E-state index in [1.807, 2.05) is 0 Å². The Hall–Kier alpha value is -2.11. The van der Waals surface area contributed by atoms with Gasteiger partial charge in [0.05, 0.1) is 39.6 Å². The standard InChI is InChI=1S/3C6H10O.H3N.3H2O4S/c3*1-3-5-7-6-4-2;;3*1-5(2,3)4/h3*3-4H,1-2,5-6H2;1H3;3*(H2,1,2,3,4). The van der Waals surface area contributed by atoms with Crippen LogP contribution < -0.4 is 6.15 Å². The van der Waals surface area contributed by atoms with Crippen LogP contribution in [0.1, 0.15) is 0 Å². The number of hydrogen-bond donors (Lipinski definition) is 7. The zero-order chi connectivity index (χ0) is 30.1. The third kappa shape index (κ3) is 352. The summed E-state index contributed by atoms with van der Waals surface area (Å²) in [5.74, 6) is 0. The molecule has 0 atom stereocenters. The van der Waals surface area contributed by atoms with Gasteiger partial charge < -0.3 is 20.4 Å². The Morgan fingerprint density at radius 1 is 0.405 bits per heavy atom. The minimum atomic E-state index is -4.67. The van der Waals surface area contributed by atoms with Crippen molar-refractivity contribution in [3.63, 3.8) is 0 Å². The predicted octanol–water partition coefficient (Wildman–Crippen LogP) is 2.33. The van der Waals surface area contributed by atoms with E-state index in [0.29, 0.717) is 39.6 Å². The molecule has 0 aromatic heterocycles. The number of ether oxygens (including phenoxy) is 3. The van der Waals surface area contributed by atoms with Crippen molar-refractivity contribution in [3.05, 3.63) is 75.9 Å². The third-order valence-electron chi connectivity index (χ3n) is 1.41. The van der Waals surface area contributed by atoms with Gasteiger partial charge in [-0.2, -0.15) is 25.3 Å². The average molecular weight is 606 g/mol. The Morgan fingerprint density at radius 3 is 0.541 bits per heavy atom. The molecule has 0 saturated carbocycles. The van der Waals surface area contributed by atoms with E-state index in [2.05, 4.69) is 39.5 Å². The highest BCUT2D eigenvalue weighted by Gasteiger charge is 1.85. The smallest absolute Gasteiger partial charge is 0.373 e. The van der Waals surface area contributed by atoms with Crippen molar-refractivity contribution in [2.75, 3.05) is 39.6 Å². The van der Waals surface area contributed by atoms with Crippen molar-refractivity contribution in [1.29, 1.82) is 0 Å². The first kappa shape index (κ1) is 51.5. The van der Waals surface area contributed by atoms with Crippen molar-refractivity contribution < 1.29 is 66.8 Å². The SMILES string of the molecule is C=CCOCC=C.C=CCOCC=C.C=CCOCC=C.N.O=S(=O)(O)O.O=S(=O)(O)O.O=S(=O)(O)O. The minimum Gasteiger partial charge on any atom is -0.373 e. The first-order valence-electron chi connectivity index (χ1n) is 8.73. The quantitative estimate of drug-likeness (QED) is 0.0953. The van der Waals surface area contributed by atoms with E-state index >= 15 is 0 Å². The molecular weight excluding hydrogens is 566 g/mol. The molecule has 0 spiro atoms.